The fraction of sp³-hybridized carbons (Fsp3) is 0.125. The number of hydrogen-bond acceptors (Lipinski definition) is 5. The topological polar surface area (TPSA) is 61.4 Å². The van der Waals surface area contributed by atoms with E-state index < -0.39 is 0 Å². The van der Waals surface area contributed by atoms with Gasteiger partial charge in [0.1, 0.15) is 5.69 Å². The molecular formula is C16H14N6S. The molecule has 0 aliphatic carbocycles. The van der Waals surface area contributed by atoms with E-state index in [1.165, 1.54) is 0 Å². The van der Waals surface area contributed by atoms with Crippen LogP contribution >= 0.6 is 11.3 Å². The SMILES string of the molecule is Cn1ccnc1-c1cn(Cc2scnc2-c2ccccc2)nn1. The van der Waals surface area contributed by atoms with Gasteiger partial charge in [-0.2, -0.15) is 0 Å². The van der Waals surface area contributed by atoms with Crippen LogP contribution in [0.25, 0.3) is 22.8 Å². The van der Waals surface area contributed by atoms with E-state index in [1.54, 1.807) is 17.5 Å². The lowest BCUT2D eigenvalue weighted by atomic mass is 10.1. The van der Waals surface area contributed by atoms with Crippen LogP contribution in [0.15, 0.2) is 54.4 Å². The van der Waals surface area contributed by atoms with Gasteiger partial charge in [0.05, 0.1) is 28.8 Å². The second-order valence-corrected chi connectivity index (χ2v) is 6.09. The van der Waals surface area contributed by atoms with Crippen molar-refractivity contribution in [3.8, 4) is 22.8 Å². The molecule has 0 saturated carbocycles. The highest BCUT2D eigenvalue weighted by atomic mass is 32.1. The number of rotatable bonds is 4. The summed E-state index contributed by atoms with van der Waals surface area (Å²) in [6.07, 6.45) is 5.56. The monoisotopic (exact) mass is 322 g/mol. The van der Waals surface area contributed by atoms with E-state index in [9.17, 15) is 0 Å². The van der Waals surface area contributed by atoms with Gasteiger partial charge in [0, 0.05) is 25.0 Å². The zero-order valence-corrected chi connectivity index (χ0v) is 13.3. The van der Waals surface area contributed by atoms with Crippen molar-refractivity contribution < 1.29 is 0 Å². The molecule has 0 radical (unpaired) electrons. The highest BCUT2D eigenvalue weighted by Gasteiger charge is 2.12. The first-order valence-electron chi connectivity index (χ1n) is 7.17. The third-order valence-corrected chi connectivity index (χ3v) is 4.40. The van der Waals surface area contributed by atoms with Crippen molar-refractivity contribution in [1.29, 1.82) is 0 Å². The molecule has 0 unspecified atom stereocenters. The molecule has 0 amide bonds. The zero-order chi connectivity index (χ0) is 15.6. The molecule has 23 heavy (non-hydrogen) atoms. The lowest BCUT2D eigenvalue weighted by molar-refractivity contribution is 0.656. The number of thiazole rings is 1. The molecule has 0 aliphatic rings. The maximum absolute atomic E-state index is 4.49. The number of aryl methyl sites for hydroxylation is 1. The Morgan fingerprint density at radius 1 is 1.13 bits per heavy atom. The minimum absolute atomic E-state index is 0.645. The van der Waals surface area contributed by atoms with Crippen molar-refractivity contribution in [3.05, 3.63) is 59.3 Å². The van der Waals surface area contributed by atoms with Crippen LogP contribution in [0.1, 0.15) is 4.88 Å². The van der Waals surface area contributed by atoms with E-state index in [0.29, 0.717) is 6.54 Å². The van der Waals surface area contributed by atoms with Gasteiger partial charge < -0.3 is 4.57 Å². The number of benzene rings is 1. The van der Waals surface area contributed by atoms with E-state index in [-0.39, 0.29) is 0 Å². The number of hydrogen-bond donors (Lipinski definition) is 0. The maximum Gasteiger partial charge on any atom is 0.161 e. The second kappa shape index (κ2) is 5.77. The Morgan fingerprint density at radius 2 is 2.00 bits per heavy atom. The van der Waals surface area contributed by atoms with Gasteiger partial charge in [-0.3, -0.25) is 0 Å². The largest absolute Gasteiger partial charge is 0.333 e. The molecule has 0 saturated heterocycles. The van der Waals surface area contributed by atoms with Crippen LogP contribution in [0.3, 0.4) is 0 Å². The molecule has 1 aromatic carbocycles. The van der Waals surface area contributed by atoms with Crippen molar-refractivity contribution in [3.63, 3.8) is 0 Å². The minimum Gasteiger partial charge on any atom is -0.333 e. The van der Waals surface area contributed by atoms with Gasteiger partial charge in [-0.25, -0.2) is 14.6 Å². The average molecular weight is 322 g/mol. The molecule has 0 fully saturated rings. The van der Waals surface area contributed by atoms with Crippen LogP contribution in [-0.4, -0.2) is 29.5 Å². The second-order valence-electron chi connectivity index (χ2n) is 5.15. The fourth-order valence-electron chi connectivity index (χ4n) is 2.45. The molecule has 114 valence electrons. The van der Waals surface area contributed by atoms with Gasteiger partial charge in [-0.1, -0.05) is 35.5 Å². The summed E-state index contributed by atoms with van der Waals surface area (Å²) >= 11 is 1.63. The fourth-order valence-corrected chi connectivity index (χ4v) is 3.23. The standard InChI is InChI=1S/C16H14N6S/c1-21-8-7-17-16(21)13-9-22(20-19-13)10-14-15(18-11-23-14)12-5-3-2-4-6-12/h2-9,11H,10H2,1H3. The molecule has 4 rings (SSSR count). The van der Waals surface area contributed by atoms with E-state index in [2.05, 4.69) is 32.4 Å². The first-order chi connectivity index (χ1) is 11.3. The van der Waals surface area contributed by atoms with Gasteiger partial charge in [0.25, 0.3) is 0 Å². The van der Waals surface area contributed by atoms with Crippen LogP contribution in [0, 0.1) is 0 Å². The maximum atomic E-state index is 4.49. The van der Waals surface area contributed by atoms with Crippen molar-refractivity contribution in [2.24, 2.45) is 7.05 Å². The minimum atomic E-state index is 0.645. The quantitative estimate of drug-likeness (QED) is 0.579. The van der Waals surface area contributed by atoms with Crippen LogP contribution in [0.5, 0.6) is 0 Å². The molecule has 0 spiro atoms. The summed E-state index contributed by atoms with van der Waals surface area (Å²) in [5, 5.41) is 8.43. The first-order valence-corrected chi connectivity index (χ1v) is 8.05. The smallest absolute Gasteiger partial charge is 0.161 e. The Kier molecular flexibility index (Phi) is 3.47. The third kappa shape index (κ3) is 2.66. The molecule has 0 atom stereocenters. The Labute approximate surface area is 137 Å². The Balaban J connectivity index is 1.62. The molecular weight excluding hydrogens is 308 g/mol. The van der Waals surface area contributed by atoms with Gasteiger partial charge in [0.15, 0.2) is 5.82 Å². The van der Waals surface area contributed by atoms with E-state index in [1.807, 2.05) is 52.4 Å². The molecule has 0 aliphatic heterocycles. The third-order valence-electron chi connectivity index (χ3n) is 3.58. The molecule has 3 heterocycles. The van der Waals surface area contributed by atoms with Crippen molar-refractivity contribution in [2.45, 2.75) is 6.54 Å². The van der Waals surface area contributed by atoms with E-state index in [4.69, 9.17) is 0 Å². The molecule has 0 bridgehead atoms. The van der Waals surface area contributed by atoms with E-state index in [0.717, 1.165) is 27.7 Å². The average Bonchev–Trinajstić information content (AvgIpc) is 3.29. The van der Waals surface area contributed by atoms with Gasteiger partial charge >= 0.3 is 0 Å². The van der Waals surface area contributed by atoms with Crippen LogP contribution in [0.4, 0.5) is 0 Å². The zero-order valence-electron chi connectivity index (χ0n) is 12.5. The predicted molar refractivity (Wildman–Crippen MR) is 88.9 cm³/mol. The lowest BCUT2D eigenvalue weighted by Crippen LogP contribution is -2.00. The first kappa shape index (κ1) is 13.8. The van der Waals surface area contributed by atoms with Gasteiger partial charge in [-0.05, 0) is 0 Å². The molecule has 3 aromatic heterocycles. The van der Waals surface area contributed by atoms with E-state index >= 15 is 0 Å². The summed E-state index contributed by atoms with van der Waals surface area (Å²) in [4.78, 5) is 9.95. The number of imidazole rings is 1. The van der Waals surface area contributed by atoms with Crippen LogP contribution in [-0.2, 0) is 13.6 Å². The molecule has 4 aromatic rings. The highest BCUT2D eigenvalue weighted by molar-refractivity contribution is 7.10. The normalized spacial score (nSPS) is 11.0. The molecule has 7 heteroatoms. The Morgan fingerprint density at radius 3 is 2.78 bits per heavy atom. The van der Waals surface area contributed by atoms with Crippen molar-refractivity contribution >= 4 is 11.3 Å². The summed E-state index contributed by atoms with van der Waals surface area (Å²) in [5.41, 5.74) is 4.76. The molecule has 0 N–H and O–H groups in total. The van der Waals surface area contributed by atoms with Crippen LogP contribution in [0.2, 0.25) is 0 Å². The summed E-state index contributed by atoms with van der Waals surface area (Å²) < 4.78 is 3.75. The van der Waals surface area contributed by atoms with Crippen molar-refractivity contribution in [2.75, 3.05) is 0 Å². The van der Waals surface area contributed by atoms with Gasteiger partial charge in [0.2, 0.25) is 0 Å². The summed E-state index contributed by atoms with van der Waals surface area (Å²) in [5.74, 6) is 0.809. The number of aromatic nitrogens is 6. The summed E-state index contributed by atoms with van der Waals surface area (Å²) in [7, 11) is 1.94. The summed E-state index contributed by atoms with van der Waals surface area (Å²) in [6, 6.07) is 10.2. The highest BCUT2D eigenvalue weighted by Crippen LogP contribution is 2.26. The number of nitrogens with zero attached hydrogens (tertiary/aromatic N) is 6. The van der Waals surface area contributed by atoms with Gasteiger partial charge in [-0.15, -0.1) is 16.4 Å². The Hall–Kier alpha value is -2.80. The summed E-state index contributed by atoms with van der Waals surface area (Å²) in [6.45, 7) is 0.645. The predicted octanol–water partition coefficient (Wildman–Crippen LogP) is 2.85. The Bertz CT molecular complexity index is 921. The van der Waals surface area contributed by atoms with Crippen molar-refractivity contribution in [1.82, 2.24) is 29.5 Å². The lowest BCUT2D eigenvalue weighted by Gasteiger charge is -2.02. The van der Waals surface area contributed by atoms with Crippen LogP contribution < -0.4 is 0 Å². The molecule has 6 nitrogen and oxygen atoms in total.